The monoisotopic (exact) mass is 311 g/mol. The third kappa shape index (κ3) is 3.85. The summed E-state index contributed by atoms with van der Waals surface area (Å²) >= 11 is 5.94. The summed E-state index contributed by atoms with van der Waals surface area (Å²) in [5.41, 5.74) is 0.217. The van der Waals surface area contributed by atoms with Gasteiger partial charge in [0.1, 0.15) is 6.54 Å². The Morgan fingerprint density at radius 1 is 1.38 bits per heavy atom. The van der Waals surface area contributed by atoms with Crippen LogP contribution in [0.3, 0.4) is 0 Å². The molecule has 1 fully saturated rings. The number of carboxylic acids is 1. The fraction of sp³-hybridized carbons (Fsp3) is 0.308. The van der Waals surface area contributed by atoms with Crippen molar-refractivity contribution >= 4 is 35.2 Å². The summed E-state index contributed by atoms with van der Waals surface area (Å²) in [6.45, 7) is 0.917. The van der Waals surface area contributed by atoms with Crippen molar-refractivity contribution in [1.82, 2.24) is 10.2 Å². The first kappa shape index (κ1) is 15.1. The summed E-state index contributed by atoms with van der Waals surface area (Å²) in [4.78, 5) is 35.8. The molecule has 8 heteroatoms. The van der Waals surface area contributed by atoms with Crippen LogP contribution in [0.4, 0.5) is 10.5 Å². The van der Waals surface area contributed by atoms with Crippen LogP contribution in [0.5, 0.6) is 0 Å². The van der Waals surface area contributed by atoms with E-state index in [0.717, 1.165) is 0 Å². The maximum atomic E-state index is 12.1. The maximum Gasteiger partial charge on any atom is 0.335 e. The molecule has 0 atom stereocenters. The van der Waals surface area contributed by atoms with Gasteiger partial charge in [0.2, 0.25) is 5.91 Å². The van der Waals surface area contributed by atoms with Crippen molar-refractivity contribution in [3.63, 3.8) is 0 Å². The number of benzene rings is 1. The zero-order valence-electron chi connectivity index (χ0n) is 11.1. The molecule has 0 aromatic heterocycles. The fourth-order valence-corrected chi connectivity index (χ4v) is 2.09. The average molecular weight is 312 g/mol. The SMILES string of the molecule is O=C1CN(C(=O)Nc2cc(C(=O)O)ccc2Cl)CCCN1. The first-order valence-electron chi connectivity index (χ1n) is 6.33. The topological polar surface area (TPSA) is 98.7 Å². The van der Waals surface area contributed by atoms with Crippen LogP contribution in [-0.4, -0.2) is 47.5 Å². The lowest BCUT2D eigenvalue weighted by molar-refractivity contribution is -0.120. The van der Waals surface area contributed by atoms with Crippen molar-refractivity contribution in [2.24, 2.45) is 0 Å². The van der Waals surface area contributed by atoms with Gasteiger partial charge in [-0.15, -0.1) is 0 Å². The van der Waals surface area contributed by atoms with Crippen LogP contribution in [0.1, 0.15) is 16.8 Å². The number of anilines is 1. The lowest BCUT2D eigenvalue weighted by Gasteiger charge is -2.20. The highest BCUT2D eigenvalue weighted by atomic mass is 35.5. The van der Waals surface area contributed by atoms with Gasteiger partial charge in [-0.05, 0) is 24.6 Å². The Morgan fingerprint density at radius 2 is 2.14 bits per heavy atom. The zero-order chi connectivity index (χ0) is 15.4. The molecule has 7 nitrogen and oxygen atoms in total. The van der Waals surface area contributed by atoms with Gasteiger partial charge in [0, 0.05) is 13.1 Å². The molecule has 2 rings (SSSR count). The van der Waals surface area contributed by atoms with E-state index in [2.05, 4.69) is 10.6 Å². The number of halogens is 1. The van der Waals surface area contributed by atoms with E-state index in [0.29, 0.717) is 19.5 Å². The molecule has 3 amide bonds. The molecule has 0 radical (unpaired) electrons. The van der Waals surface area contributed by atoms with Crippen LogP contribution in [0.15, 0.2) is 18.2 Å². The lowest BCUT2D eigenvalue weighted by atomic mass is 10.2. The summed E-state index contributed by atoms with van der Waals surface area (Å²) in [5, 5.41) is 14.4. The minimum Gasteiger partial charge on any atom is -0.478 e. The quantitative estimate of drug-likeness (QED) is 0.768. The number of urea groups is 1. The van der Waals surface area contributed by atoms with Crippen LogP contribution < -0.4 is 10.6 Å². The summed E-state index contributed by atoms with van der Waals surface area (Å²) < 4.78 is 0. The van der Waals surface area contributed by atoms with Crippen molar-refractivity contribution in [1.29, 1.82) is 0 Å². The lowest BCUT2D eigenvalue weighted by Crippen LogP contribution is -2.40. The van der Waals surface area contributed by atoms with Gasteiger partial charge in [-0.1, -0.05) is 11.6 Å². The molecule has 1 aromatic carbocycles. The second-order valence-electron chi connectivity index (χ2n) is 4.55. The van der Waals surface area contributed by atoms with Crippen LogP contribution in [-0.2, 0) is 4.79 Å². The van der Waals surface area contributed by atoms with Gasteiger partial charge in [-0.25, -0.2) is 9.59 Å². The van der Waals surface area contributed by atoms with Gasteiger partial charge < -0.3 is 20.6 Å². The van der Waals surface area contributed by atoms with E-state index in [1.54, 1.807) is 0 Å². The molecule has 3 N–H and O–H groups in total. The Bertz CT molecular complexity index is 591. The Hall–Kier alpha value is -2.28. The highest BCUT2D eigenvalue weighted by Gasteiger charge is 2.20. The number of aromatic carboxylic acids is 1. The Morgan fingerprint density at radius 3 is 2.86 bits per heavy atom. The van der Waals surface area contributed by atoms with Crippen LogP contribution in [0.25, 0.3) is 0 Å². The van der Waals surface area contributed by atoms with Crippen molar-refractivity contribution in [3.8, 4) is 0 Å². The standard InChI is InChI=1S/C13H14ClN3O4/c14-9-3-2-8(12(19)20)6-10(9)16-13(21)17-5-1-4-15-11(18)7-17/h2-3,6H,1,4-5,7H2,(H,15,18)(H,16,21)(H,19,20). The minimum atomic E-state index is -1.11. The molecule has 1 heterocycles. The van der Waals surface area contributed by atoms with Gasteiger partial charge in [0.25, 0.3) is 0 Å². The molecular weight excluding hydrogens is 298 g/mol. The molecule has 0 spiro atoms. The van der Waals surface area contributed by atoms with E-state index in [9.17, 15) is 14.4 Å². The molecular formula is C13H14ClN3O4. The van der Waals surface area contributed by atoms with Crippen LogP contribution >= 0.6 is 11.6 Å². The predicted molar refractivity (Wildman–Crippen MR) is 76.6 cm³/mol. The predicted octanol–water partition coefficient (Wildman–Crippen LogP) is 1.39. The second kappa shape index (κ2) is 6.45. The molecule has 0 bridgehead atoms. The summed E-state index contributed by atoms with van der Waals surface area (Å²) in [5.74, 6) is -1.34. The number of hydrogen-bond acceptors (Lipinski definition) is 3. The zero-order valence-corrected chi connectivity index (χ0v) is 11.8. The number of nitrogens with zero attached hydrogens (tertiary/aromatic N) is 1. The van der Waals surface area contributed by atoms with E-state index >= 15 is 0 Å². The molecule has 1 aliphatic heterocycles. The van der Waals surface area contributed by atoms with E-state index in [1.165, 1.54) is 23.1 Å². The largest absolute Gasteiger partial charge is 0.478 e. The summed E-state index contributed by atoms with van der Waals surface area (Å²) in [6, 6.07) is 3.53. The maximum absolute atomic E-state index is 12.1. The van der Waals surface area contributed by atoms with Crippen LogP contribution in [0.2, 0.25) is 5.02 Å². The van der Waals surface area contributed by atoms with E-state index < -0.39 is 12.0 Å². The highest BCUT2D eigenvalue weighted by Crippen LogP contribution is 2.23. The molecule has 0 saturated carbocycles. The van der Waals surface area contributed by atoms with Crippen molar-refractivity contribution < 1.29 is 19.5 Å². The number of carboxylic acid groups (broad SMARTS) is 1. The van der Waals surface area contributed by atoms with Gasteiger partial charge in [-0.3, -0.25) is 4.79 Å². The van der Waals surface area contributed by atoms with Gasteiger partial charge in [-0.2, -0.15) is 0 Å². The van der Waals surface area contributed by atoms with Crippen LogP contribution in [0, 0.1) is 0 Å². The number of carbonyl (C=O) groups excluding carboxylic acids is 2. The summed E-state index contributed by atoms with van der Waals surface area (Å²) in [7, 11) is 0. The third-order valence-electron chi connectivity index (χ3n) is 3.00. The average Bonchev–Trinajstić information content (AvgIpc) is 2.65. The van der Waals surface area contributed by atoms with E-state index in [1.807, 2.05) is 0 Å². The van der Waals surface area contributed by atoms with Gasteiger partial charge >= 0.3 is 12.0 Å². The Kier molecular flexibility index (Phi) is 4.64. The number of nitrogens with one attached hydrogen (secondary N) is 2. The third-order valence-corrected chi connectivity index (χ3v) is 3.33. The summed E-state index contributed by atoms with van der Waals surface area (Å²) in [6.07, 6.45) is 0.655. The number of rotatable bonds is 2. The number of amides is 3. The Balaban J connectivity index is 2.13. The first-order valence-corrected chi connectivity index (χ1v) is 6.70. The first-order chi connectivity index (χ1) is 9.97. The number of hydrogen-bond donors (Lipinski definition) is 3. The molecule has 0 unspecified atom stereocenters. The molecule has 21 heavy (non-hydrogen) atoms. The van der Waals surface area contributed by atoms with E-state index in [4.69, 9.17) is 16.7 Å². The molecule has 1 saturated heterocycles. The Labute approximate surface area is 125 Å². The van der Waals surface area contributed by atoms with Crippen molar-refractivity contribution in [2.75, 3.05) is 25.0 Å². The van der Waals surface area contributed by atoms with Gasteiger partial charge in [0.15, 0.2) is 0 Å². The van der Waals surface area contributed by atoms with E-state index in [-0.39, 0.29) is 28.7 Å². The van der Waals surface area contributed by atoms with Gasteiger partial charge in [0.05, 0.1) is 16.3 Å². The highest BCUT2D eigenvalue weighted by molar-refractivity contribution is 6.33. The smallest absolute Gasteiger partial charge is 0.335 e. The second-order valence-corrected chi connectivity index (χ2v) is 4.96. The number of carbonyl (C=O) groups is 3. The fourth-order valence-electron chi connectivity index (χ4n) is 1.93. The minimum absolute atomic E-state index is 0.0170. The van der Waals surface area contributed by atoms with Crippen molar-refractivity contribution in [3.05, 3.63) is 28.8 Å². The van der Waals surface area contributed by atoms with Crippen molar-refractivity contribution in [2.45, 2.75) is 6.42 Å². The molecule has 1 aliphatic rings. The molecule has 112 valence electrons. The molecule has 0 aliphatic carbocycles. The normalized spacial score (nSPS) is 15.1. The molecule has 1 aromatic rings.